The number of benzene rings is 1. The van der Waals surface area contributed by atoms with E-state index in [0.29, 0.717) is 0 Å². The first-order chi connectivity index (χ1) is 8.88. The minimum absolute atomic E-state index is 0.0227. The SMILES string of the molecule is O=C(O)CCC(=O)Nc1ccc(OC(F)F)c(F)c1. The summed E-state index contributed by atoms with van der Waals surface area (Å²) in [6.07, 6.45) is -0.632. The Morgan fingerprint density at radius 3 is 2.53 bits per heavy atom. The van der Waals surface area contributed by atoms with Crippen LogP contribution in [-0.4, -0.2) is 23.6 Å². The van der Waals surface area contributed by atoms with Gasteiger partial charge in [-0.2, -0.15) is 8.78 Å². The van der Waals surface area contributed by atoms with Crippen LogP contribution in [0.5, 0.6) is 5.75 Å². The fourth-order valence-electron chi connectivity index (χ4n) is 1.21. The Bertz CT molecular complexity index is 479. The fourth-order valence-corrected chi connectivity index (χ4v) is 1.21. The monoisotopic (exact) mass is 277 g/mol. The minimum Gasteiger partial charge on any atom is -0.481 e. The summed E-state index contributed by atoms with van der Waals surface area (Å²) in [5.74, 6) is -3.46. The van der Waals surface area contributed by atoms with Gasteiger partial charge in [-0.3, -0.25) is 9.59 Å². The highest BCUT2D eigenvalue weighted by Crippen LogP contribution is 2.22. The van der Waals surface area contributed by atoms with Gasteiger partial charge in [0.1, 0.15) is 0 Å². The van der Waals surface area contributed by atoms with Crippen LogP contribution >= 0.6 is 0 Å². The Kier molecular flexibility index (Phi) is 5.16. The quantitative estimate of drug-likeness (QED) is 0.836. The summed E-state index contributed by atoms with van der Waals surface area (Å²) in [5.41, 5.74) is 0.0227. The van der Waals surface area contributed by atoms with E-state index in [1.807, 2.05) is 0 Å². The molecule has 1 rings (SSSR count). The second-order valence-electron chi connectivity index (χ2n) is 3.47. The van der Waals surface area contributed by atoms with Gasteiger partial charge in [-0.15, -0.1) is 0 Å². The molecule has 1 aromatic rings. The van der Waals surface area contributed by atoms with Crippen molar-refractivity contribution in [2.75, 3.05) is 5.32 Å². The molecule has 0 aromatic heterocycles. The van der Waals surface area contributed by atoms with Gasteiger partial charge in [-0.1, -0.05) is 0 Å². The van der Waals surface area contributed by atoms with Gasteiger partial charge in [-0.25, -0.2) is 4.39 Å². The molecule has 0 aliphatic rings. The van der Waals surface area contributed by atoms with E-state index in [0.717, 1.165) is 12.1 Å². The largest absolute Gasteiger partial charge is 0.481 e. The third kappa shape index (κ3) is 5.28. The number of nitrogens with one attached hydrogen (secondary N) is 1. The molecule has 1 aromatic carbocycles. The molecule has 19 heavy (non-hydrogen) atoms. The molecule has 0 unspecified atom stereocenters. The zero-order valence-corrected chi connectivity index (χ0v) is 9.53. The standard InChI is InChI=1S/C11H10F3NO4/c12-7-5-6(1-2-8(7)19-11(13)14)15-9(16)3-4-10(17)18/h1-2,5,11H,3-4H2,(H,15,16)(H,17,18). The predicted octanol–water partition coefficient (Wildman–Crippen LogP) is 2.23. The lowest BCUT2D eigenvalue weighted by Gasteiger charge is -2.08. The third-order valence-corrected chi connectivity index (χ3v) is 2.00. The van der Waals surface area contributed by atoms with E-state index in [1.54, 1.807) is 0 Å². The molecule has 5 nitrogen and oxygen atoms in total. The second kappa shape index (κ2) is 6.62. The molecule has 0 saturated heterocycles. The van der Waals surface area contributed by atoms with Gasteiger partial charge in [-0.05, 0) is 12.1 Å². The molecule has 1 amide bonds. The lowest BCUT2D eigenvalue weighted by atomic mass is 10.2. The number of rotatable bonds is 6. The molecule has 104 valence electrons. The fraction of sp³-hybridized carbons (Fsp3) is 0.273. The highest BCUT2D eigenvalue weighted by atomic mass is 19.3. The number of carboxylic acid groups (broad SMARTS) is 1. The summed E-state index contributed by atoms with van der Waals surface area (Å²) in [6, 6.07) is 2.91. The maximum Gasteiger partial charge on any atom is 0.387 e. The van der Waals surface area contributed by atoms with Crippen LogP contribution in [0.1, 0.15) is 12.8 Å². The Morgan fingerprint density at radius 2 is 2.00 bits per heavy atom. The molecule has 0 spiro atoms. The lowest BCUT2D eigenvalue weighted by molar-refractivity contribution is -0.138. The summed E-state index contributed by atoms with van der Waals surface area (Å²) < 4.78 is 40.9. The van der Waals surface area contributed by atoms with E-state index >= 15 is 0 Å². The van der Waals surface area contributed by atoms with Crippen LogP contribution in [0.25, 0.3) is 0 Å². The summed E-state index contributed by atoms with van der Waals surface area (Å²) in [7, 11) is 0. The number of aliphatic carboxylic acids is 1. The van der Waals surface area contributed by atoms with Crippen LogP contribution in [0.15, 0.2) is 18.2 Å². The second-order valence-corrected chi connectivity index (χ2v) is 3.47. The van der Waals surface area contributed by atoms with E-state index < -0.39 is 30.1 Å². The molecular formula is C11H10F3NO4. The minimum atomic E-state index is -3.15. The smallest absolute Gasteiger partial charge is 0.387 e. The molecule has 0 heterocycles. The van der Waals surface area contributed by atoms with Gasteiger partial charge >= 0.3 is 12.6 Å². The molecular weight excluding hydrogens is 267 g/mol. The Morgan fingerprint density at radius 1 is 1.32 bits per heavy atom. The van der Waals surface area contributed by atoms with Crippen LogP contribution in [0, 0.1) is 5.82 Å². The Hall–Kier alpha value is -2.25. The van der Waals surface area contributed by atoms with Crippen LogP contribution in [0.2, 0.25) is 0 Å². The molecule has 8 heteroatoms. The van der Waals surface area contributed by atoms with Gasteiger partial charge < -0.3 is 15.2 Å². The molecule has 0 aliphatic carbocycles. The van der Waals surface area contributed by atoms with Crippen molar-refractivity contribution in [2.24, 2.45) is 0 Å². The van der Waals surface area contributed by atoms with Gasteiger partial charge in [0.2, 0.25) is 5.91 Å². The molecule has 2 N–H and O–H groups in total. The first-order valence-corrected chi connectivity index (χ1v) is 5.14. The Labute approximate surface area is 106 Å². The predicted molar refractivity (Wildman–Crippen MR) is 58.5 cm³/mol. The molecule has 0 atom stereocenters. The van der Waals surface area contributed by atoms with Crippen LogP contribution in [0.3, 0.4) is 0 Å². The van der Waals surface area contributed by atoms with E-state index in [1.165, 1.54) is 6.07 Å². The molecule has 0 saturated carbocycles. The van der Waals surface area contributed by atoms with Crippen LogP contribution in [-0.2, 0) is 9.59 Å². The van der Waals surface area contributed by atoms with E-state index in [-0.39, 0.29) is 18.5 Å². The lowest BCUT2D eigenvalue weighted by Crippen LogP contribution is -2.13. The number of carbonyl (C=O) groups excluding carboxylic acids is 1. The maximum absolute atomic E-state index is 13.3. The van der Waals surface area contributed by atoms with E-state index in [9.17, 15) is 22.8 Å². The van der Waals surface area contributed by atoms with Gasteiger partial charge in [0.05, 0.1) is 6.42 Å². The molecule has 0 aliphatic heterocycles. The number of carbonyl (C=O) groups is 2. The summed E-state index contributed by atoms with van der Waals surface area (Å²) >= 11 is 0. The summed E-state index contributed by atoms with van der Waals surface area (Å²) in [6.45, 7) is -3.15. The van der Waals surface area contributed by atoms with Crippen molar-refractivity contribution in [2.45, 2.75) is 19.5 Å². The summed E-state index contributed by atoms with van der Waals surface area (Å²) in [5, 5.41) is 10.6. The zero-order valence-electron chi connectivity index (χ0n) is 9.53. The number of alkyl halides is 2. The number of amides is 1. The van der Waals surface area contributed by atoms with Crippen molar-refractivity contribution < 1.29 is 32.6 Å². The topological polar surface area (TPSA) is 75.6 Å². The third-order valence-electron chi connectivity index (χ3n) is 2.00. The number of ether oxygens (including phenoxy) is 1. The van der Waals surface area contributed by atoms with Gasteiger partial charge in [0.15, 0.2) is 11.6 Å². The van der Waals surface area contributed by atoms with E-state index in [4.69, 9.17) is 5.11 Å². The first-order valence-electron chi connectivity index (χ1n) is 5.14. The van der Waals surface area contributed by atoms with Gasteiger partial charge in [0.25, 0.3) is 0 Å². The summed E-state index contributed by atoms with van der Waals surface area (Å²) in [4.78, 5) is 21.5. The Balaban J connectivity index is 2.63. The zero-order chi connectivity index (χ0) is 14.4. The molecule has 0 radical (unpaired) electrons. The highest BCUT2D eigenvalue weighted by Gasteiger charge is 2.11. The molecule has 0 bridgehead atoms. The van der Waals surface area contributed by atoms with Gasteiger partial charge in [0, 0.05) is 18.2 Å². The number of hydrogen-bond acceptors (Lipinski definition) is 3. The number of anilines is 1. The van der Waals surface area contributed by atoms with Crippen molar-refractivity contribution in [3.8, 4) is 5.75 Å². The van der Waals surface area contributed by atoms with Crippen molar-refractivity contribution in [1.29, 1.82) is 0 Å². The number of halogens is 3. The normalized spacial score (nSPS) is 10.3. The van der Waals surface area contributed by atoms with Crippen molar-refractivity contribution in [3.63, 3.8) is 0 Å². The van der Waals surface area contributed by atoms with Crippen molar-refractivity contribution >= 4 is 17.6 Å². The number of hydrogen-bond donors (Lipinski definition) is 2. The van der Waals surface area contributed by atoms with Crippen LogP contribution in [0.4, 0.5) is 18.9 Å². The van der Waals surface area contributed by atoms with Crippen LogP contribution < -0.4 is 10.1 Å². The van der Waals surface area contributed by atoms with Crippen molar-refractivity contribution in [3.05, 3.63) is 24.0 Å². The van der Waals surface area contributed by atoms with E-state index in [2.05, 4.69) is 10.1 Å². The molecule has 0 fully saturated rings. The average molecular weight is 277 g/mol. The first kappa shape index (κ1) is 14.8. The maximum atomic E-state index is 13.3. The average Bonchev–Trinajstić information content (AvgIpc) is 2.29. The van der Waals surface area contributed by atoms with Crippen molar-refractivity contribution in [1.82, 2.24) is 0 Å². The number of carboxylic acids is 1. The highest BCUT2D eigenvalue weighted by molar-refractivity contribution is 5.92.